The molecule has 0 saturated carbocycles. The van der Waals surface area contributed by atoms with Gasteiger partial charge in [-0.2, -0.15) is 4.31 Å². The van der Waals surface area contributed by atoms with E-state index in [9.17, 15) is 23.3 Å². The molecule has 2 aromatic heterocycles. The van der Waals surface area contributed by atoms with Crippen LogP contribution in [0.15, 0.2) is 41.8 Å². The Hall–Kier alpha value is -3.34. The number of anilines is 1. The number of nitro groups is 1. The van der Waals surface area contributed by atoms with Crippen LogP contribution < -0.4 is 5.73 Å². The number of imidazole rings is 1. The SMILES string of the molecule is CCOC(=O)CN(C[C@H]1O[C@@H](n2cnc3c(N)ncnc32)[C@H](O[Si](CC)(CC)CC)[C@@H]1O[Si](CC)(CC)CC)S(=O)(=O)c1ccccc1[N+](=O)[O-]. The Balaban J connectivity index is 1.94. The first-order chi connectivity index (χ1) is 24.3. The summed E-state index contributed by atoms with van der Waals surface area (Å²) in [5.74, 6) is -0.635. The van der Waals surface area contributed by atoms with Gasteiger partial charge in [0.05, 0.1) is 17.9 Å². The molecule has 3 heterocycles. The maximum Gasteiger partial charge on any atom is 0.321 e. The van der Waals surface area contributed by atoms with E-state index in [0.29, 0.717) is 11.2 Å². The highest BCUT2D eigenvalue weighted by atomic mass is 32.2. The molecule has 19 heteroatoms. The van der Waals surface area contributed by atoms with Gasteiger partial charge in [0, 0.05) is 12.6 Å². The maximum atomic E-state index is 14.4. The van der Waals surface area contributed by atoms with Gasteiger partial charge in [-0.05, 0) is 49.3 Å². The van der Waals surface area contributed by atoms with Crippen molar-refractivity contribution in [3.05, 3.63) is 47.0 Å². The van der Waals surface area contributed by atoms with Crippen molar-refractivity contribution >= 4 is 55.3 Å². The fourth-order valence-corrected chi connectivity index (χ4v) is 14.0. The molecule has 1 saturated heterocycles. The largest absolute Gasteiger partial charge is 0.465 e. The van der Waals surface area contributed by atoms with Crippen LogP contribution in [0.3, 0.4) is 0 Å². The number of para-hydroxylation sites is 1. The zero-order chi connectivity index (χ0) is 37.6. The average Bonchev–Trinajstić information content (AvgIpc) is 3.70. The molecule has 51 heavy (non-hydrogen) atoms. The zero-order valence-electron chi connectivity index (χ0n) is 30.5. The summed E-state index contributed by atoms with van der Waals surface area (Å²) >= 11 is 0. The Bertz CT molecular complexity index is 1760. The average molecular weight is 766 g/mol. The number of esters is 1. The van der Waals surface area contributed by atoms with Gasteiger partial charge in [0.2, 0.25) is 0 Å². The van der Waals surface area contributed by atoms with E-state index in [1.165, 1.54) is 18.5 Å². The lowest BCUT2D eigenvalue weighted by Gasteiger charge is -2.40. The molecule has 1 fully saturated rings. The number of aromatic nitrogens is 4. The molecular weight excluding hydrogens is 715 g/mol. The Kier molecular flexibility index (Phi) is 13.5. The molecule has 0 spiro atoms. The third-order valence-corrected chi connectivity index (χ3v) is 21.4. The number of fused-ring (bicyclic) bond motifs is 1. The van der Waals surface area contributed by atoms with Crippen molar-refractivity contribution in [2.45, 2.75) is 114 Å². The molecule has 0 bridgehead atoms. The van der Waals surface area contributed by atoms with Crippen molar-refractivity contribution in [2.24, 2.45) is 0 Å². The van der Waals surface area contributed by atoms with Crippen LogP contribution in [0, 0.1) is 10.1 Å². The number of nitrogens with two attached hydrogens (primary N) is 1. The summed E-state index contributed by atoms with van der Waals surface area (Å²) in [6, 6.07) is 9.86. The molecule has 282 valence electrons. The first kappa shape index (κ1) is 40.4. The minimum Gasteiger partial charge on any atom is -0.465 e. The van der Waals surface area contributed by atoms with Gasteiger partial charge in [0.25, 0.3) is 15.7 Å². The summed E-state index contributed by atoms with van der Waals surface area (Å²) in [5.41, 5.74) is 6.31. The summed E-state index contributed by atoms with van der Waals surface area (Å²) in [6.07, 6.45) is -0.513. The zero-order valence-corrected chi connectivity index (χ0v) is 33.3. The third kappa shape index (κ3) is 8.34. The smallest absolute Gasteiger partial charge is 0.321 e. The van der Waals surface area contributed by atoms with Crippen molar-refractivity contribution in [3.63, 3.8) is 0 Å². The summed E-state index contributed by atoms with van der Waals surface area (Å²) in [6.45, 7) is 13.1. The predicted molar refractivity (Wildman–Crippen MR) is 196 cm³/mol. The third-order valence-electron chi connectivity index (χ3n) is 10.3. The minimum absolute atomic E-state index is 0.00986. The number of hydrogen-bond donors (Lipinski definition) is 1. The number of carbonyl (C=O) groups is 1. The van der Waals surface area contributed by atoms with Gasteiger partial charge in [0.15, 0.2) is 39.2 Å². The lowest BCUT2D eigenvalue weighted by atomic mass is 10.1. The first-order valence-electron chi connectivity index (χ1n) is 17.6. The predicted octanol–water partition coefficient (Wildman–Crippen LogP) is 5.25. The van der Waals surface area contributed by atoms with Crippen LogP contribution >= 0.6 is 0 Å². The number of benzene rings is 1. The lowest BCUT2D eigenvalue weighted by Crippen LogP contribution is -2.53. The maximum absolute atomic E-state index is 14.4. The first-order valence-corrected chi connectivity index (χ1v) is 24.1. The summed E-state index contributed by atoms with van der Waals surface area (Å²) in [5, 5.41) is 12.0. The van der Waals surface area contributed by atoms with Crippen LogP contribution in [0.1, 0.15) is 54.7 Å². The van der Waals surface area contributed by atoms with Gasteiger partial charge in [-0.15, -0.1) is 0 Å². The van der Waals surface area contributed by atoms with Gasteiger partial charge in [0.1, 0.15) is 36.7 Å². The fourth-order valence-electron chi connectivity index (χ4n) is 6.74. The lowest BCUT2D eigenvalue weighted by molar-refractivity contribution is -0.387. The molecule has 1 aliphatic heterocycles. The van der Waals surface area contributed by atoms with Gasteiger partial charge in [-0.3, -0.25) is 19.5 Å². The van der Waals surface area contributed by atoms with E-state index in [-0.39, 0.29) is 12.4 Å². The van der Waals surface area contributed by atoms with E-state index in [1.807, 2.05) is 0 Å². The molecule has 0 amide bonds. The second-order valence-corrected chi connectivity index (χ2v) is 24.0. The Morgan fingerprint density at radius 3 is 2.12 bits per heavy atom. The Morgan fingerprint density at radius 1 is 0.961 bits per heavy atom. The highest BCUT2D eigenvalue weighted by Gasteiger charge is 2.54. The summed E-state index contributed by atoms with van der Waals surface area (Å²) in [7, 11) is -9.50. The number of hydrogen-bond acceptors (Lipinski definition) is 13. The summed E-state index contributed by atoms with van der Waals surface area (Å²) < 4.78 is 57.8. The quantitative estimate of drug-likeness (QED) is 0.0718. The highest BCUT2D eigenvalue weighted by Crippen LogP contribution is 2.42. The van der Waals surface area contributed by atoms with E-state index in [4.69, 9.17) is 24.1 Å². The molecule has 2 N–H and O–H groups in total. The topological polar surface area (TPSA) is 204 Å². The second kappa shape index (κ2) is 17.0. The van der Waals surface area contributed by atoms with E-state index in [1.54, 1.807) is 17.8 Å². The van der Waals surface area contributed by atoms with E-state index >= 15 is 0 Å². The fraction of sp³-hybridized carbons (Fsp3) is 0.625. The molecular formula is C32H51N7O9SSi2. The standard InChI is InChI=1S/C32H51N7O9SSi2/c1-8-45-26(40)20-37(49(43,44)25-18-16-15-17-23(25)39(41)42)19-24-28(47-50(9-2,10-3)11-4)29(48-51(12-5,13-6)14-7)32(46-24)38-22-36-27-30(33)34-21-35-31(27)38/h15-18,21-22,24,28-29,32H,8-14,19-20H2,1-7H3,(H2,33,34,35)/t24-,28-,29-,32-/m1/s1. The normalized spacial score (nSPS) is 19.9. The number of nitrogens with zero attached hydrogens (tertiary/aromatic N) is 6. The minimum atomic E-state index is -4.66. The summed E-state index contributed by atoms with van der Waals surface area (Å²) in [4.78, 5) is 36.7. The number of rotatable bonds is 19. The van der Waals surface area contributed by atoms with Crippen molar-refractivity contribution in [2.75, 3.05) is 25.4 Å². The molecule has 1 aromatic carbocycles. The van der Waals surface area contributed by atoms with Crippen LogP contribution in [0.5, 0.6) is 0 Å². The highest BCUT2D eigenvalue weighted by molar-refractivity contribution is 7.89. The van der Waals surface area contributed by atoms with Crippen molar-refractivity contribution in [3.8, 4) is 0 Å². The van der Waals surface area contributed by atoms with E-state index in [0.717, 1.165) is 52.7 Å². The van der Waals surface area contributed by atoms with Gasteiger partial charge in [-0.25, -0.2) is 23.4 Å². The molecule has 16 nitrogen and oxygen atoms in total. The molecule has 0 radical (unpaired) electrons. The van der Waals surface area contributed by atoms with Crippen LogP contribution in [0.4, 0.5) is 11.5 Å². The van der Waals surface area contributed by atoms with E-state index in [2.05, 4.69) is 56.5 Å². The number of nitro benzene ring substituents is 1. The van der Waals surface area contributed by atoms with Crippen LogP contribution in [-0.2, 0) is 33.1 Å². The molecule has 4 atom stereocenters. The van der Waals surface area contributed by atoms with Crippen LogP contribution in [-0.4, -0.2) is 97.8 Å². The van der Waals surface area contributed by atoms with Crippen LogP contribution in [0.2, 0.25) is 36.3 Å². The van der Waals surface area contributed by atoms with Crippen LogP contribution in [0.25, 0.3) is 11.2 Å². The molecule has 3 aromatic rings. The molecule has 0 aliphatic carbocycles. The van der Waals surface area contributed by atoms with Crippen molar-refractivity contribution < 1.29 is 36.5 Å². The van der Waals surface area contributed by atoms with Crippen molar-refractivity contribution in [1.29, 1.82) is 0 Å². The number of ether oxygens (including phenoxy) is 2. The van der Waals surface area contributed by atoms with Gasteiger partial charge < -0.3 is 24.1 Å². The monoisotopic (exact) mass is 765 g/mol. The number of nitrogen functional groups attached to an aromatic ring is 1. The number of sulfonamides is 1. The van der Waals surface area contributed by atoms with Gasteiger partial charge in [-0.1, -0.05) is 53.7 Å². The van der Waals surface area contributed by atoms with Gasteiger partial charge >= 0.3 is 5.97 Å². The van der Waals surface area contributed by atoms with Crippen molar-refractivity contribution in [1.82, 2.24) is 23.8 Å². The second-order valence-electron chi connectivity index (χ2n) is 12.6. The molecule has 4 rings (SSSR count). The Labute approximate surface area is 301 Å². The molecule has 0 unspecified atom stereocenters. The number of carbonyl (C=O) groups excluding carboxylic acids is 1. The molecule has 1 aliphatic rings. The van der Waals surface area contributed by atoms with E-state index < -0.39 is 85.8 Å². The Morgan fingerprint density at radius 2 is 1.55 bits per heavy atom.